The Balaban J connectivity index is 1.80. The lowest BCUT2D eigenvalue weighted by Crippen LogP contribution is -2.35. The van der Waals surface area contributed by atoms with Gasteiger partial charge in [-0.15, -0.1) is 10.2 Å². The highest BCUT2D eigenvalue weighted by Gasteiger charge is 2.25. The van der Waals surface area contributed by atoms with Crippen LogP contribution in [-0.2, 0) is 7.05 Å². The molecule has 1 atom stereocenters. The highest BCUT2D eigenvalue weighted by Crippen LogP contribution is 2.27. The van der Waals surface area contributed by atoms with E-state index in [4.69, 9.17) is 0 Å². The number of pyridine rings is 1. The summed E-state index contributed by atoms with van der Waals surface area (Å²) in [5.74, 6) is 2.60. The molecule has 3 rings (SSSR count). The monoisotopic (exact) mass is 257 g/mol. The first-order chi connectivity index (χ1) is 9.24. The van der Waals surface area contributed by atoms with E-state index in [0.717, 1.165) is 30.4 Å². The fourth-order valence-electron chi connectivity index (χ4n) is 2.76. The third-order valence-electron chi connectivity index (χ3n) is 3.73. The van der Waals surface area contributed by atoms with E-state index in [1.165, 1.54) is 12.8 Å². The predicted octanol–water partition coefficient (Wildman–Crippen LogP) is 1.90. The molecule has 2 aromatic heterocycles. The van der Waals surface area contributed by atoms with Gasteiger partial charge < -0.3 is 9.47 Å². The van der Waals surface area contributed by atoms with Gasteiger partial charge in [0, 0.05) is 31.7 Å². The van der Waals surface area contributed by atoms with Gasteiger partial charge in [0.25, 0.3) is 0 Å². The summed E-state index contributed by atoms with van der Waals surface area (Å²) >= 11 is 0. The Morgan fingerprint density at radius 1 is 1.32 bits per heavy atom. The molecule has 1 fully saturated rings. The molecule has 0 N–H and O–H groups in total. The largest absolute Gasteiger partial charge is 0.356 e. The molecular weight excluding hydrogens is 238 g/mol. The zero-order chi connectivity index (χ0) is 13.2. The molecule has 0 radical (unpaired) electrons. The van der Waals surface area contributed by atoms with E-state index in [-0.39, 0.29) is 0 Å². The van der Waals surface area contributed by atoms with Crippen molar-refractivity contribution in [2.24, 2.45) is 7.05 Å². The van der Waals surface area contributed by atoms with Crippen LogP contribution >= 0.6 is 0 Å². The normalized spacial score (nSPS) is 19.7. The number of hydrogen-bond acceptors (Lipinski definition) is 4. The standard InChI is InChI=1S/C14H19N5/c1-11-5-3-7-13(16-11)19-8-4-6-12(9-19)14-17-15-10-18(14)2/h3,5,7,10,12H,4,6,8-9H2,1-2H3. The Kier molecular flexibility index (Phi) is 3.19. The molecule has 0 aliphatic carbocycles. The van der Waals surface area contributed by atoms with Gasteiger partial charge in [0.15, 0.2) is 0 Å². The summed E-state index contributed by atoms with van der Waals surface area (Å²) in [6.45, 7) is 4.08. The van der Waals surface area contributed by atoms with Crippen molar-refractivity contribution in [2.45, 2.75) is 25.7 Å². The maximum Gasteiger partial charge on any atom is 0.137 e. The van der Waals surface area contributed by atoms with Crippen molar-refractivity contribution in [2.75, 3.05) is 18.0 Å². The lowest BCUT2D eigenvalue weighted by molar-refractivity contribution is 0.477. The number of aryl methyl sites for hydroxylation is 2. The summed E-state index contributed by atoms with van der Waals surface area (Å²) in [5.41, 5.74) is 1.07. The Hall–Kier alpha value is -1.91. The predicted molar refractivity (Wildman–Crippen MR) is 74.2 cm³/mol. The molecule has 0 bridgehead atoms. The molecule has 0 saturated carbocycles. The van der Waals surface area contributed by atoms with E-state index in [1.807, 2.05) is 24.6 Å². The quantitative estimate of drug-likeness (QED) is 0.824. The summed E-state index contributed by atoms with van der Waals surface area (Å²) in [4.78, 5) is 6.98. The first-order valence-corrected chi connectivity index (χ1v) is 6.76. The van der Waals surface area contributed by atoms with E-state index >= 15 is 0 Å². The summed E-state index contributed by atoms with van der Waals surface area (Å²) in [6, 6.07) is 6.20. The van der Waals surface area contributed by atoms with E-state index in [2.05, 4.69) is 32.2 Å². The van der Waals surface area contributed by atoms with Crippen LogP contribution in [0.1, 0.15) is 30.3 Å². The van der Waals surface area contributed by atoms with Crippen molar-refractivity contribution in [1.82, 2.24) is 19.7 Å². The molecule has 0 aromatic carbocycles. The van der Waals surface area contributed by atoms with Gasteiger partial charge in [-0.2, -0.15) is 0 Å². The number of aromatic nitrogens is 4. The Morgan fingerprint density at radius 3 is 2.95 bits per heavy atom. The van der Waals surface area contributed by atoms with Gasteiger partial charge >= 0.3 is 0 Å². The van der Waals surface area contributed by atoms with E-state index in [0.29, 0.717) is 5.92 Å². The molecule has 1 saturated heterocycles. The average molecular weight is 257 g/mol. The van der Waals surface area contributed by atoms with Gasteiger partial charge in [-0.05, 0) is 31.9 Å². The van der Waals surface area contributed by atoms with Crippen molar-refractivity contribution in [1.29, 1.82) is 0 Å². The summed E-state index contributed by atoms with van der Waals surface area (Å²) < 4.78 is 2.03. The molecular formula is C14H19N5. The van der Waals surface area contributed by atoms with Gasteiger partial charge in [0.2, 0.25) is 0 Å². The molecule has 0 amide bonds. The zero-order valence-electron chi connectivity index (χ0n) is 11.5. The van der Waals surface area contributed by atoms with Crippen molar-refractivity contribution in [3.8, 4) is 0 Å². The second-order valence-corrected chi connectivity index (χ2v) is 5.22. The van der Waals surface area contributed by atoms with Crippen molar-refractivity contribution in [3.63, 3.8) is 0 Å². The first-order valence-electron chi connectivity index (χ1n) is 6.76. The van der Waals surface area contributed by atoms with Crippen LogP contribution in [0.5, 0.6) is 0 Å². The minimum Gasteiger partial charge on any atom is -0.356 e. The van der Waals surface area contributed by atoms with Gasteiger partial charge in [-0.3, -0.25) is 0 Å². The first kappa shape index (κ1) is 12.1. The van der Waals surface area contributed by atoms with Crippen LogP contribution in [0.2, 0.25) is 0 Å². The third kappa shape index (κ3) is 2.45. The topological polar surface area (TPSA) is 46.8 Å². The van der Waals surface area contributed by atoms with Crippen LogP contribution < -0.4 is 4.90 Å². The van der Waals surface area contributed by atoms with Crippen LogP contribution in [0, 0.1) is 6.92 Å². The molecule has 5 nitrogen and oxygen atoms in total. The van der Waals surface area contributed by atoms with Crippen LogP contribution in [0.25, 0.3) is 0 Å². The highest BCUT2D eigenvalue weighted by atomic mass is 15.3. The van der Waals surface area contributed by atoms with Gasteiger partial charge in [0.1, 0.15) is 18.0 Å². The average Bonchev–Trinajstić information content (AvgIpc) is 2.85. The van der Waals surface area contributed by atoms with Crippen LogP contribution in [0.15, 0.2) is 24.5 Å². The smallest absolute Gasteiger partial charge is 0.137 e. The second kappa shape index (κ2) is 4.99. The lowest BCUT2D eigenvalue weighted by atomic mass is 9.97. The second-order valence-electron chi connectivity index (χ2n) is 5.22. The molecule has 1 unspecified atom stereocenters. The van der Waals surface area contributed by atoms with Gasteiger partial charge in [0.05, 0.1) is 0 Å². The number of piperidine rings is 1. The SMILES string of the molecule is Cc1cccc(N2CCCC(c3nncn3C)C2)n1. The highest BCUT2D eigenvalue weighted by molar-refractivity contribution is 5.40. The molecule has 0 spiro atoms. The van der Waals surface area contributed by atoms with E-state index in [9.17, 15) is 0 Å². The maximum absolute atomic E-state index is 4.62. The minimum atomic E-state index is 0.448. The Bertz CT molecular complexity index is 562. The summed E-state index contributed by atoms with van der Waals surface area (Å²) in [5, 5.41) is 8.24. The summed E-state index contributed by atoms with van der Waals surface area (Å²) in [6.07, 6.45) is 4.13. The van der Waals surface area contributed by atoms with E-state index < -0.39 is 0 Å². The van der Waals surface area contributed by atoms with Crippen molar-refractivity contribution < 1.29 is 0 Å². The maximum atomic E-state index is 4.62. The number of rotatable bonds is 2. The molecule has 3 heterocycles. The van der Waals surface area contributed by atoms with Crippen LogP contribution in [-0.4, -0.2) is 32.8 Å². The van der Waals surface area contributed by atoms with Gasteiger partial charge in [-0.1, -0.05) is 6.07 Å². The van der Waals surface area contributed by atoms with E-state index in [1.54, 1.807) is 6.33 Å². The summed E-state index contributed by atoms with van der Waals surface area (Å²) in [7, 11) is 2.01. The fourth-order valence-corrected chi connectivity index (χ4v) is 2.76. The van der Waals surface area contributed by atoms with Crippen molar-refractivity contribution >= 4 is 5.82 Å². The molecule has 2 aromatic rings. The molecule has 19 heavy (non-hydrogen) atoms. The Labute approximate surface area is 113 Å². The van der Waals surface area contributed by atoms with Gasteiger partial charge in [-0.25, -0.2) is 4.98 Å². The number of nitrogens with zero attached hydrogens (tertiary/aromatic N) is 5. The molecule has 1 aliphatic heterocycles. The Morgan fingerprint density at radius 2 is 2.21 bits per heavy atom. The third-order valence-corrected chi connectivity index (χ3v) is 3.73. The molecule has 1 aliphatic rings. The molecule has 100 valence electrons. The fraction of sp³-hybridized carbons (Fsp3) is 0.500. The number of anilines is 1. The van der Waals surface area contributed by atoms with Crippen molar-refractivity contribution in [3.05, 3.63) is 36.0 Å². The van der Waals surface area contributed by atoms with Crippen LogP contribution in [0.4, 0.5) is 5.82 Å². The number of hydrogen-bond donors (Lipinski definition) is 0. The lowest BCUT2D eigenvalue weighted by Gasteiger charge is -2.33. The molecule has 5 heteroatoms. The minimum absolute atomic E-state index is 0.448. The zero-order valence-corrected chi connectivity index (χ0v) is 11.5. The van der Waals surface area contributed by atoms with Crippen LogP contribution in [0.3, 0.4) is 0 Å².